The van der Waals surface area contributed by atoms with Gasteiger partial charge in [-0.1, -0.05) is 19.3 Å². The zero-order chi connectivity index (χ0) is 10.4. The van der Waals surface area contributed by atoms with E-state index in [-0.39, 0.29) is 5.79 Å². The molecule has 0 N–H and O–H groups in total. The maximum Gasteiger partial charge on any atom is 0.169 e. The molecule has 3 rings (SSSR count). The van der Waals surface area contributed by atoms with E-state index in [0.29, 0.717) is 11.5 Å². The smallest absolute Gasteiger partial charge is 0.169 e. The average molecular weight is 210 g/mol. The van der Waals surface area contributed by atoms with Crippen LogP contribution >= 0.6 is 0 Å². The van der Waals surface area contributed by atoms with E-state index in [0.717, 1.165) is 13.0 Å². The van der Waals surface area contributed by atoms with Crippen molar-refractivity contribution in [2.75, 3.05) is 6.61 Å². The second-order valence-corrected chi connectivity index (χ2v) is 5.90. The Bertz CT molecular complexity index is 235. The highest BCUT2D eigenvalue weighted by Crippen LogP contribution is 2.53. The molecule has 1 saturated carbocycles. The van der Waals surface area contributed by atoms with Crippen molar-refractivity contribution < 1.29 is 9.47 Å². The third-order valence-corrected chi connectivity index (χ3v) is 4.55. The summed E-state index contributed by atoms with van der Waals surface area (Å²) >= 11 is 0. The Morgan fingerprint density at radius 2 is 1.87 bits per heavy atom. The van der Waals surface area contributed by atoms with E-state index in [1.165, 1.54) is 44.9 Å². The van der Waals surface area contributed by atoms with Crippen molar-refractivity contribution >= 4 is 0 Å². The zero-order valence-electron chi connectivity index (χ0n) is 9.76. The van der Waals surface area contributed by atoms with Crippen LogP contribution in [0.3, 0.4) is 0 Å². The average Bonchev–Trinajstić information content (AvgIpc) is 2.75. The Morgan fingerprint density at radius 3 is 2.53 bits per heavy atom. The van der Waals surface area contributed by atoms with Crippen LogP contribution in [0, 0.1) is 5.41 Å². The maximum absolute atomic E-state index is 6.04. The van der Waals surface area contributed by atoms with Crippen molar-refractivity contribution in [3.05, 3.63) is 0 Å². The first-order chi connectivity index (χ1) is 7.22. The summed E-state index contributed by atoms with van der Waals surface area (Å²) in [5.41, 5.74) is 0.488. The van der Waals surface area contributed by atoms with E-state index < -0.39 is 0 Å². The van der Waals surface area contributed by atoms with Gasteiger partial charge in [0.1, 0.15) is 0 Å². The Labute approximate surface area is 92.3 Å². The van der Waals surface area contributed by atoms with E-state index in [1.807, 2.05) is 0 Å². The minimum atomic E-state index is -0.170. The quantitative estimate of drug-likeness (QED) is 0.611. The zero-order valence-corrected chi connectivity index (χ0v) is 9.76. The number of ether oxygens (including phenoxy) is 2. The number of hydrogen-bond donors (Lipinski definition) is 0. The van der Waals surface area contributed by atoms with E-state index in [2.05, 4.69) is 6.92 Å². The highest BCUT2D eigenvalue weighted by Gasteiger charge is 2.53. The Kier molecular flexibility index (Phi) is 2.33. The summed E-state index contributed by atoms with van der Waals surface area (Å²) in [4.78, 5) is 0. The molecule has 0 aromatic carbocycles. The first-order valence-electron chi connectivity index (χ1n) is 6.54. The van der Waals surface area contributed by atoms with Crippen LogP contribution in [0.5, 0.6) is 0 Å². The van der Waals surface area contributed by atoms with Gasteiger partial charge in [-0.3, -0.25) is 0 Å². The van der Waals surface area contributed by atoms with Gasteiger partial charge in [0.25, 0.3) is 0 Å². The molecule has 0 bridgehead atoms. The fourth-order valence-electron chi connectivity index (χ4n) is 3.72. The van der Waals surface area contributed by atoms with Gasteiger partial charge in [-0.2, -0.15) is 0 Å². The molecule has 2 nitrogen and oxygen atoms in total. The van der Waals surface area contributed by atoms with Crippen LogP contribution in [0.4, 0.5) is 0 Å². The third kappa shape index (κ3) is 1.72. The molecular weight excluding hydrogens is 188 g/mol. The molecule has 15 heavy (non-hydrogen) atoms. The molecule has 3 fully saturated rings. The van der Waals surface area contributed by atoms with E-state index in [1.54, 1.807) is 0 Å². The minimum absolute atomic E-state index is 0.170. The molecule has 0 amide bonds. The van der Waals surface area contributed by atoms with Crippen LogP contribution < -0.4 is 0 Å². The molecule has 0 radical (unpaired) electrons. The lowest BCUT2D eigenvalue weighted by Gasteiger charge is -2.32. The Balaban J connectivity index is 1.71. The van der Waals surface area contributed by atoms with E-state index >= 15 is 0 Å². The van der Waals surface area contributed by atoms with Gasteiger partial charge in [-0.25, -0.2) is 0 Å². The van der Waals surface area contributed by atoms with Crippen molar-refractivity contribution in [2.24, 2.45) is 5.41 Å². The molecule has 86 valence electrons. The van der Waals surface area contributed by atoms with E-state index in [9.17, 15) is 0 Å². The van der Waals surface area contributed by atoms with Crippen LogP contribution in [-0.4, -0.2) is 18.5 Å². The lowest BCUT2D eigenvalue weighted by atomic mass is 9.72. The summed E-state index contributed by atoms with van der Waals surface area (Å²) in [6.45, 7) is 3.13. The van der Waals surface area contributed by atoms with Gasteiger partial charge >= 0.3 is 0 Å². The molecule has 2 spiro atoms. The van der Waals surface area contributed by atoms with Crippen LogP contribution in [0.2, 0.25) is 0 Å². The van der Waals surface area contributed by atoms with Gasteiger partial charge in [0.2, 0.25) is 0 Å². The molecular formula is C13H22O2. The van der Waals surface area contributed by atoms with Gasteiger partial charge in [0, 0.05) is 12.8 Å². The monoisotopic (exact) mass is 210 g/mol. The second-order valence-electron chi connectivity index (χ2n) is 5.90. The predicted molar refractivity (Wildman–Crippen MR) is 58.6 cm³/mol. The van der Waals surface area contributed by atoms with Gasteiger partial charge in [-0.05, 0) is 31.6 Å². The third-order valence-electron chi connectivity index (χ3n) is 4.55. The molecule has 1 aliphatic carbocycles. The number of hydrogen-bond acceptors (Lipinski definition) is 2. The van der Waals surface area contributed by atoms with Crippen LogP contribution in [0.25, 0.3) is 0 Å². The summed E-state index contributed by atoms with van der Waals surface area (Å²) in [6, 6.07) is 0. The molecule has 0 aromatic heterocycles. The van der Waals surface area contributed by atoms with Crippen LogP contribution in [0.1, 0.15) is 58.3 Å². The fraction of sp³-hybridized carbons (Fsp3) is 1.00. The summed E-state index contributed by atoms with van der Waals surface area (Å²) in [7, 11) is 0. The van der Waals surface area contributed by atoms with Gasteiger partial charge in [0.15, 0.2) is 5.79 Å². The van der Waals surface area contributed by atoms with Gasteiger partial charge in [0.05, 0.1) is 12.7 Å². The lowest BCUT2D eigenvalue weighted by molar-refractivity contribution is -0.195. The van der Waals surface area contributed by atoms with Crippen molar-refractivity contribution in [3.8, 4) is 0 Å². The van der Waals surface area contributed by atoms with Crippen molar-refractivity contribution in [1.29, 1.82) is 0 Å². The van der Waals surface area contributed by atoms with Crippen molar-refractivity contribution in [3.63, 3.8) is 0 Å². The second kappa shape index (κ2) is 3.46. The van der Waals surface area contributed by atoms with Crippen LogP contribution in [0.15, 0.2) is 0 Å². The molecule has 2 heterocycles. The summed E-state index contributed by atoms with van der Waals surface area (Å²) in [5, 5.41) is 0. The summed E-state index contributed by atoms with van der Waals surface area (Å²) < 4.78 is 12.1. The molecule has 2 atom stereocenters. The van der Waals surface area contributed by atoms with E-state index in [4.69, 9.17) is 9.47 Å². The molecule has 2 aliphatic heterocycles. The summed E-state index contributed by atoms with van der Waals surface area (Å²) in [5.74, 6) is -0.170. The predicted octanol–water partition coefficient (Wildman–Crippen LogP) is 3.25. The number of rotatable bonds is 0. The molecule has 3 aliphatic rings. The lowest BCUT2D eigenvalue weighted by Crippen LogP contribution is -2.30. The Morgan fingerprint density at radius 1 is 1.07 bits per heavy atom. The minimum Gasteiger partial charge on any atom is -0.349 e. The summed E-state index contributed by atoms with van der Waals surface area (Å²) in [6.07, 6.45) is 10.8. The molecule has 0 aromatic rings. The standard InChI is InChI=1S/C13H22O2/c1-11-5-8-13(15-11)9-12(10-14-13)6-3-2-4-7-12/h11H,2-10H2,1H3. The van der Waals surface area contributed by atoms with Crippen molar-refractivity contribution in [1.82, 2.24) is 0 Å². The maximum atomic E-state index is 6.04. The van der Waals surface area contributed by atoms with Gasteiger partial charge < -0.3 is 9.47 Å². The molecule has 2 unspecified atom stereocenters. The Hall–Kier alpha value is -0.0800. The van der Waals surface area contributed by atoms with Crippen molar-refractivity contribution in [2.45, 2.75) is 70.2 Å². The normalized spacial score (nSPS) is 44.2. The van der Waals surface area contributed by atoms with Gasteiger partial charge in [-0.15, -0.1) is 0 Å². The first kappa shape index (κ1) is 10.1. The highest BCUT2D eigenvalue weighted by molar-refractivity contribution is 4.96. The van der Waals surface area contributed by atoms with Crippen LogP contribution in [-0.2, 0) is 9.47 Å². The largest absolute Gasteiger partial charge is 0.349 e. The topological polar surface area (TPSA) is 18.5 Å². The molecule has 2 heteroatoms. The SMILES string of the molecule is CC1CCC2(CC3(CCCCC3)CO2)O1. The highest BCUT2D eigenvalue weighted by atomic mass is 16.7. The molecule has 2 saturated heterocycles. The first-order valence-corrected chi connectivity index (χ1v) is 6.54. The fourth-order valence-corrected chi connectivity index (χ4v) is 3.72.